The van der Waals surface area contributed by atoms with Crippen molar-refractivity contribution in [3.8, 4) is 0 Å². The van der Waals surface area contributed by atoms with Gasteiger partial charge >= 0.3 is 6.09 Å². The summed E-state index contributed by atoms with van der Waals surface area (Å²) in [6, 6.07) is 0.542. The summed E-state index contributed by atoms with van der Waals surface area (Å²) in [5, 5.41) is 9.14. The second-order valence-electron chi connectivity index (χ2n) is 4.08. The SMILES string of the molecule is CCOC(=O)N1[C@H]2CC[C@@H]1[C@@H](CO)C2. The van der Waals surface area contributed by atoms with Crippen LogP contribution in [0.25, 0.3) is 0 Å². The highest BCUT2D eigenvalue weighted by Gasteiger charge is 2.48. The summed E-state index contributed by atoms with van der Waals surface area (Å²) in [6.07, 6.45) is 2.84. The molecule has 0 radical (unpaired) electrons. The Labute approximate surface area is 83.8 Å². The fraction of sp³-hybridized carbons (Fsp3) is 0.900. The molecule has 80 valence electrons. The maximum atomic E-state index is 11.6. The average molecular weight is 199 g/mol. The van der Waals surface area contributed by atoms with E-state index in [0.717, 1.165) is 19.3 Å². The number of rotatable bonds is 2. The van der Waals surface area contributed by atoms with Crippen LogP contribution in [-0.4, -0.2) is 41.4 Å². The number of ether oxygens (including phenoxy) is 1. The molecule has 2 fully saturated rings. The summed E-state index contributed by atoms with van der Waals surface area (Å²) >= 11 is 0. The quantitative estimate of drug-likeness (QED) is 0.721. The van der Waals surface area contributed by atoms with Crippen molar-refractivity contribution in [2.45, 2.75) is 38.3 Å². The summed E-state index contributed by atoms with van der Waals surface area (Å²) < 4.78 is 5.00. The van der Waals surface area contributed by atoms with Crippen LogP contribution in [0.2, 0.25) is 0 Å². The van der Waals surface area contributed by atoms with Crippen LogP contribution in [0.3, 0.4) is 0 Å². The van der Waals surface area contributed by atoms with Gasteiger partial charge in [0.2, 0.25) is 0 Å². The van der Waals surface area contributed by atoms with Crippen molar-refractivity contribution in [1.82, 2.24) is 4.90 Å². The molecule has 2 bridgehead atoms. The van der Waals surface area contributed by atoms with Gasteiger partial charge in [-0.15, -0.1) is 0 Å². The largest absolute Gasteiger partial charge is 0.450 e. The highest BCUT2D eigenvalue weighted by molar-refractivity contribution is 5.69. The lowest BCUT2D eigenvalue weighted by molar-refractivity contribution is 0.0957. The molecule has 0 saturated carbocycles. The van der Waals surface area contributed by atoms with Crippen LogP contribution in [0.1, 0.15) is 26.2 Å². The molecule has 4 heteroatoms. The van der Waals surface area contributed by atoms with Crippen molar-refractivity contribution < 1.29 is 14.6 Å². The second kappa shape index (κ2) is 3.77. The van der Waals surface area contributed by atoms with Gasteiger partial charge in [-0.2, -0.15) is 0 Å². The fourth-order valence-electron chi connectivity index (χ4n) is 2.79. The van der Waals surface area contributed by atoms with Crippen LogP contribution in [-0.2, 0) is 4.74 Å². The molecule has 3 atom stereocenters. The average Bonchev–Trinajstić information content (AvgIpc) is 2.74. The van der Waals surface area contributed by atoms with Crippen LogP contribution >= 0.6 is 0 Å². The van der Waals surface area contributed by atoms with E-state index in [1.807, 2.05) is 11.8 Å². The predicted molar refractivity (Wildman–Crippen MR) is 50.9 cm³/mol. The Kier molecular flexibility index (Phi) is 2.63. The van der Waals surface area contributed by atoms with E-state index in [4.69, 9.17) is 9.84 Å². The maximum absolute atomic E-state index is 11.6. The Morgan fingerprint density at radius 3 is 2.93 bits per heavy atom. The first kappa shape index (κ1) is 9.77. The van der Waals surface area contributed by atoms with Crippen LogP contribution in [0.5, 0.6) is 0 Å². The van der Waals surface area contributed by atoms with E-state index < -0.39 is 0 Å². The Morgan fingerprint density at radius 2 is 2.36 bits per heavy atom. The van der Waals surface area contributed by atoms with E-state index in [-0.39, 0.29) is 24.7 Å². The zero-order chi connectivity index (χ0) is 10.1. The molecule has 1 amide bonds. The van der Waals surface area contributed by atoms with E-state index in [2.05, 4.69) is 0 Å². The third-order valence-electron chi connectivity index (χ3n) is 3.38. The van der Waals surface area contributed by atoms with Gasteiger partial charge in [0.25, 0.3) is 0 Å². The summed E-state index contributed by atoms with van der Waals surface area (Å²) in [7, 11) is 0. The highest BCUT2D eigenvalue weighted by Crippen LogP contribution is 2.41. The van der Waals surface area contributed by atoms with Crippen LogP contribution in [0.15, 0.2) is 0 Å². The summed E-state index contributed by atoms with van der Waals surface area (Å²) in [5.41, 5.74) is 0. The van der Waals surface area contributed by atoms with E-state index in [0.29, 0.717) is 12.6 Å². The van der Waals surface area contributed by atoms with Crippen molar-refractivity contribution in [3.63, 3.8) is 0 Å². The van der Waals surface area contributed by atoms with Crippen molar-refractivity contribution in [2.24, 2.45) is 5.92 Å². The molecule has 14 heavy (non-hydrogen) atoms. The number of fused-ring (bicyclic) bond motifs is 2. The van der Waals surface area contributed by atoms with Gasteiger partial charge in [-0.25, -0.2) is 4.79 Å². The topological polar surface area (TPSA) is 49.8 Å². The summed E-state index contributed by atoms with van der Waals surface area (Å²) in [4.78, 5) is 13.4. The number of nitrogens with zero attached hydrogens (tertiary/aromatic N) is 1. The summed E-state index contributed by atoms with van der Waals surface area (Å²) in [5.74, 6) is 0.276. The first-order chi connectivity index (χ1) is 6.77. The standard InChI is InChI=1S/C10H17NO3/c1-2-14-10(13)11-8-3-4-9(11)7(5-8)6-12/h7-9,12H,2-6H2,1H3/t7-,8+,9-/m1/s1. The van der Waals surface area contributed by atoms with Crippen molar-refractivity contribution in [1.29, 1.82) is 0 Å². The lowest BCUT2D eigenvalue weighted by Crippen LogP contribution is -2.37. The first-order valence-corrected chi connectivity index (χ1v) is 5.33. The number of aliphatic hydroxyl groups excluding tert-OH is 1. The molecule has 1 N–H and O–H groups in total. The van der Waals surface area contributed by atoms with E-state index in [1.54, 1.807) is 0 Å². The fourth-order valence-corrected chi connectivity index (χ4v) is 2.79. The third kappa shape index (κ3) is 1.38. The Bertz CT molecular complexity index is 231. The Balaban J connectivity index is 2.03. The van der Waals surface area contributed by atoms with E-state index >= 15 is 0 Å². The van der Waals surface area contributed by atoms with Crippen molar-refractivity contribution in [3.05, 3.63) is 0 Å². The molecule has 2 aliphatic rings. The molecule has 0 aromatic heterocycles. The molecular formula is C10H17NO3. The molecule has 0 aromatic rings. The molecule has 0 aromatic carbocycles. The smallest absolute Gasteiger partial charge is 0.410 e. The van der Waals surface area contributed by atoms with Gasteiger partial charge in [0.15, 0.2) is 0 Å². The van der Waals surface area contributed by atoms with Gasteiger partial charge in [-0.1, -0.05) is 0 Å². The number of carbonyl (C=O) groups is 1. The van der Waals surface area contributed by atoms with Crippen molar-refractivity contribution >= 4 is 6.09 Å². The predicted octanol–water partition coefficient (Wildman–Crippen LogP) is 0.988. The first-order valence-electron chi connectivity index (χ1n) is 5.33. The van der Waals surface area contributed by atoms with Gasteiger partial charge in [-0.05, 0) is 26.2 Å². The van der Waals surface area contributed by atoms with Crippen LogP contribution in [0, 0.1) is 5.92 Å². The van der Waals surface area contributed by atoms with Crippen LogP contribution in [0.4, 0.5) is 4.79 Å². The van der Waals surface area contributed by atoms with Crippen molar-refractivity contribution in [2.75, 3.05) is 13.2 Å². The number of aliphatic hydroxyl groups is 1. The minimum absolute atomic E-state index is 0.192. The van der Waals surface area contributed by atoms with Crippen LogP contribution < -0.4 is 0 Å². The molecule has 2 rings (SSSR count). The van der Waals surface area contributed by atoms with Gasteiger partial charge in [-0.3, -0.25) is 0 Å². The minimum Gasteiger partial charge on any atom is -0.450 e. The van der Waals surface area contributed by atoms with Gasteiger partial charge in [0.1, 0.15) is 0 Å². The summed E-state index contributed by atoms with van der Waals surface area (Å²) in [6.45, 7) is 2.44. The van der Waals surface area contributed by atoms with Gasteiger partial charge in [0, 0.05) is 24.6 Å². The zero-order valence-electron chi connectivity index (χ0n) is 8.48. The monoisotopic (exact) mass is 199 g/mol. The third-order valence-corrected chi connectivity index (χ3v) is 3.38. The lowest BCUT2D eigenvalue weighted by atomic mass is 9.90. The second-order valence-corrected chi connectivity index (χ2v) is 4.08. The number of hydrogen-bond donors (Lipinski definition) is 1. The molecule has 0 aliphatic carbocycles. The Hall–Kier alpha value is -0.770. The molecular weight excluding hydrogens is 182 g/mol. The maximum Gasteiger partial charge on any atom is 0.410 e. The number of carbonyl (C=O) groups excluding carboxylic acids is 1. The highest BCUT2D eigenvalue weighted by atomic mass is 16.6. The molecule has 2 saturated heterocycles. The lowest BCUT2D eigenvalue weighted by Gasteiger charge is -2.22. The molecule has 4 nitrogen and oxygen atoms in total. The number of amides is 1. The van der Waals surface area contributed by atoms with E-state index in [9.17, 15) is 4.79 Å². The molecule has 2 aliphatic heterocycles. The van der Waals surface area contributed by atoms with Gasteiger partial charge in [0.05, 0.1) is 6.61 Å². The molecule has 0 spiro atoms. The molecule has 0 unspecified atom stereocenters. The minimum atomic E-state index is -0.198. The number of hydrogen-bond acceptors (Lipinski definition) is 3. The Morgan fingerprint density at radius 1 is 1.57 bits per heavy atom. The normalized spacial score (nSPS) is 35.0. The van der Waals surface area contributed by atoms with Gasteiger partial charge < -0.3 is 14.7 Å². The van der Waals surface area contributed by atoms with E-state index in [1.165, 1.54) is 0 Å². The molecule has 2 heterocycles. The zero-order valence-corrected chi connectivity index (χ0v) is 8.48.